The highest BCUT2D eigenvalue weighted by atomic mass is 35.5. The molecule has 7 nitrogen and oxygen atoms in total. The third-order valence-corrected chi connectivity index (χ3v) is 4.43. The number of hydrogen-bond donors (Lipinski definition) is 1. The molecule has 0 saturated carbocycles. The van der Waals surface area contributed by atoms with Crippen molar-refractivity contribution in [3.8, 4) is 22.5 Å². The maximum atomic E-state index is 14.8. The van der Waals surface area contributed by atoms with Crippen LogP contribution in [0.4, 0.5) is 13.6 Å². The Hall–Kier alpha value is -3.07. The van der Waals surface area contributed by atoms with Crippen LogP contribution in [0.1, 0.15) is 26.3 Å². The zero-order valence-electron chi connectivity index (χ0n) is 17.5. The molecule has 0 aliphatic carbocycles. The summed E-state index contributed by atoms with van der Waals surface area (Å²) in [5, 5.41) is 14.4. The molecule has 1 amide bonds. The molecule has 31 heavy (non-hydrogen) atoms. The van der Waals surface area contributed by atoms with Gasteiger partial charge in [-0.25, -0.2) is 13.6 Å². The quantitative estimate of drug-likeness (QED) is 0.618. The maximum Gasteiger partial charge on any atom is 0.407 e. The number of alkyl carbamates (subject to hydrolysis) is 1. The van der Waals surface area contributed by atoms with Crippen LogP contribution in [0.5, 0.6) is 0 Å². The van der Waals surface area contributed by atoms with E-state index in [1.54, 1.807) is 40.0 Å². The number of carbonyl (C=O) groups excluding carboxylic acids is 1. The maximum absolute atomic E-state index is 14.8. The molecule has 0 unspecified atom stereocenters. The number of tetrazole rings is 1. The van der Waals surface area contributed by atoms with E-state index in [1.165, 1.54) is 16.9 Å². The molecule has 1 aromatic heterocycles. The second-order valence-corrected chi connectivity index (χ2v) is 8.33. The molecule has 0 bridgehead atoms. The lowest BCUT2D eigenvalue weighted by molar-refractivity contribution is 0.0528. The standard InChI is InChI=1S/C21H22ClF2N5O2/c1-21(2,3)31-20(30)25-8-7-12-5-6-13(9-16(12)23)15-10-14(22)11-17(24)18(15)19-26-28-29(4)27-19/h5-6,9-11H,7-8H2,1-4H3,(H,25,30). The highest BCUT2D eigenvalue weighted by molar-refractivity contribution is 6.31. The zero-order valence-corrected chi connectivity index (χ0v) is 18.3. The number of halogens is 3. The molecule has 0 radical (unpaired) electrons. The van der Waals surface area contributed by atoms with Gasteiger partial charge < -0.3 is 10.1 Å². The SMILES string of the molecule is Cn1nnc(-c2c(F)cc(Cl)cc2-c2ccc(CCNC(=O)OC(C)(C)C)c(F)c2)n1. The van der Waals surface area contributed by atoms with Crippen LogP contribution in [0.15, 0.2) is 30.3 Å². The van der Waals surface area contributed by atoms with Gasteiger partial charge in [0.1, 0.15) is 17.2 Å². The van der Waals surface area contributed by atoms with Crippen molar-refractivity contribution in [2.24, 2.45) is 7.05 Å². The highest BCUT2D eigenvalue weighted by Crippen LogP contribution is 2.35. The average Bonchev–Trinajstić information content (AvgIpc) is 3.06. The summed E-state index contributed by atoms with van der Waals surface area (Å²) in [7, 11) is 1.56. The topological polar surface area (TPSA) is 81.9 Å². The number of ether oxygens (including phenoxy) is 1. The van der Waals surface area contributed by atoms with Gasteiger partial charge in [0.05, 0.1) is 12.6 Å². The van der Waals surface area contributed by atoms with Crippen LogP contribution in [0.2, 0.25) is 5.02 Å². The van der Waals surface area contributed by atoms with Crippen LogP contribution >= 0.6 is 11.6 Å². The number of aromatic nitrogens is 4. The Balaban J connectivity index is 1.83. The third kappa shape index (κ3) is 5.75. The van der Waals surface area contributed by atoms with Gasteiger partial charge >= 0.3 is 6.09 Å². The first-order valence-electron chi connectivity index (χ1n) is 9.52. The summed E-state index contributed by atoms with van der Waals surface area (Å²) in [6.07, 6.45) is -0.312. The van der Waals surface area contributed by atoms with Crippen molar-refractivity contribution in [1.82, 2.24) is 25.5 Å². The molecule has 3 rings (SSSR count). The molecule has 0 atom stereocenters. The molecule has 0 saturated heterocycles. The number of benzene rings is 2. The molecule has 10 heteroatoms. The van der Waals surface area contributed by atoms with Crippen molar-refractivity contribution in [2.45, 2.75) is 32.8 Å². The first-order chi connectivity index (χ1) is 14.5. The predicted octanol–water partition coefficient (Wildman–Crippen LogP) is 4.54. The Labute approximate surface area is 183 Å². The van der Waals surface area contributed by atoms with E-state index in [2.05, 4.69) is 20.7 Å². The number of rotatable bonds is 5. The number of carbonyl (C=O) groups is 1. The monoisotopic (exact) mass is 449 g/mol. The largest absolute Gasteiger partial charge is 0.444 e. The lowest BCUT2D eigenvalue weighted by Crippen LogP contribution is -2.33. The molecule has 164 valence electrons. The number of aryl methyl sites for hydroxylation is 1. The first kappa shape index (κ1) is 22.6. The Morgan fingerprint density at radius 2 is 1.94 bits per heavy atom. The van der Waals surface area contributed by atoms with E-state index in [4.69, 9.17) is 16.3 Å². The van der Waals surface area contributed by atoms with E-state index in [9.17, 15) is 13.6 Å². The van der Waals surface area contributed by atoms with Crippen molar-refractivity contribution in [3.05, 3.63) is 52.6 Å². The molecule has 0 spiro atoms. The van der Waals surface area contributed by atoms with Crippen LogP contribution in [0.3, 0.4) is 0 Å². The summed E-state index contributed by atoms with van der Waals surface area (Å²) in [6.45, 7) is 5.48. The Bertz CT molecular complexity index is 1110. The van der Waals surface area contributed by atoms with Gasteiger partial charge in [0.25, 0.3) is 0 Å². The third-order valence-electron chi connectivity index (χ3n) is 4.21. The van der Waals surface area contributed by atoms with Gasteiger partial charge in [0.2, 0.25) is 5.82 Å². The molecule has 0 fully saturated rings. The van der Waals surface area contributed by atoms with Crippen LogP contribution in [0, 0.1) is 11.6 Å². The van der Waals surface area contributed by atoms with E-state index in [1.807, 2.05) is 0 Å². The normalized spacial score (nSPS) is 11.5. The summed E-state index contributed by atoms with van der Waals surface area (Å²) >= 11 is 6.03. The van der Waals surface area contributed by atoms with Crippen LogP contribution in [-0.2, 0) is 18.2 Å². The fraction of sp³-hybridized carbons (Fsp3) is 0.333. The molecule has 3 aromatic rings. The molecular weight excluding hydrogens is 428 g/mol. The van der Waals surface area contributed by atoms with Gasteiger partial charge in [-0.2, -0.15) is 4.80 Å². The van der Waals surface area contributed by atoms with Crippen molar-refractivity contribution in [3.63, 3.8) is 0 Å². The minimum atomic E-state index is -0.637. The Morgan fingerprint density at radius 3 is 2.55 bits per heavy atom. The number of nitrogens with zero attached hydrogens (tertiary/aromatic N) is 4. The summed E-state index contributed by atoms with van der Waals surface area (Å²) in [5.41, 5.74) is 0.608. The van der Waals surface area contributed by atoms with Crippen molar-refractivity contribution < 1.29 is 18.3 Å². The van der Waals surface area contributed by atoms with E-state index >= 15 is 0 Å². The Kier molecular flexibility index (Phi) is 6.54. The van der Waals surface area contributed by atoms with Gasteiger partial charge in [0, 0.05) is 11.6 Å². The molecule has 0 aliphatic rings. The molecule has 1 heterocycles. The summed E-state index contributed by atoms with van der Waals surface area (Å²) < 4.78 is 34.6. The molecule has 1 N–H and O–H groups in total. The van der Waals surface area contributed by atoms with E-state index in [-0.39, 0.29) is 29.4 Å². The minimum absolute atomic E-state index is 0.0673. The zero-order chi connectivity index (χ0) is 22.8. The van der Waals surface area contributed by atoms with Gasteiger partial charge in [0.15, 0.2) is 0 Å². The van der Waals surface area contributed by atoms with Gasteiger partial charge in [-0.15, -0.1) is 10.2 Å². The fourth-order valence-corrected chi connectivity index (χ4v) is 3.15. The second-order valence-electron chi connectivity index (χ2n) is 7.90. The highest BCUT2D eigenvalue weighted by Gasteiger charge is 2.20. The number of hydrogen-bond acceptors (Lipinski definition) is 5. The molecule has 0 aliphatic heterocycles. The van der Waals surface area contributed by atoms with E-state index in [0.717, 1.165) is 6.07 Å². The van der Waals surface area contributed by atoms with E-state index < -0.39 is 23.3 Å². The Morgan fingerprint density at radius 1 is 1.19 bits per heavy atom. The van der Waals surface area contributed by atoms with Crippen LogP contribution in [-0.4, -0.2) is 38.4 Å². The van der Waals surface area contributed by atoms with Gasteiger partial charge in [-0.3, -0.25) is 0 Å². The van der Waals surface area contributed by atoms with Crippen molar-refractivity contribution >= 4 is 17.7 Å². The van der Waals surface area contributed by atoms with Crippen molar-refractivity contribution in [1.29, 1.82) is 0 Å². The molecule has 2 aromatic carbocycles. The smallest absolute Gasteiger partial charge is 0.407 e. The van der Waals surface area contributed by atoms with E-state index in [0.29, 0.717) is 16.7 Å². The van der Waals surface area contributed by atoms with Crippen molar-refractivity contribution in [2.75, 3.05) is 6.54 Å². The van der Waals surface area contributed by atoms with Gasteiger partial charge in [-0.1, -0.05) is 23.7 Å². The molecular formula is C21H22ClF2N5O2. The van der Waals surface area contributed by atoms with Crippen LogP contribution in [0.25, 0.3) is 22.5 Å². The predicted molar refractivity (Wildman–Crippen MR) is 113 cm³/mol. The van der Waals surface area contributed by atoms with Gasteiger partial charge in [-0.05, 0) is 67.3 Å². The summed E-state index contributed by atoms with van der Waals surface area (Å²) in [6, 6.07) is 7.18. The summed E-state index contributed by atoms with van der Waals surface area (Å²) in [5.74, 6) is -1.07. The minimum Gasteiger partial charge on any atom is -0.444 e. The average molecular weight is 450 g/mol. The lowest BCUT2D eigenvalue weighted by Gasteiger charge is -2.19. The summed E-state index contributed by atoms with van der Waals surface area (Å²) in [4.78, 5) is 12.9. The first-order valence-corrected chi connectivity index (χ1v) is 9.90. The number of nitrogens with one attached hydrogen (secondary N) is 1. The second kappa shape index (κ2) is 8.97. The lowest BCUT2D eigenvalue weighted by atomic mass is 9.97. The number of amides is 1. The fourth-order valence-electron chi connectivity index (χ4n) is 2.94. The van der Waals surface area contributed by atoms with Crippen LogP contribution < -0.4 is 5.32 Å².